The number of carboxylic acid groups (broad SMARTS) is 1. The van der Waals surface area contributed by atoms with Crippen LogP contribution in [0.4, 0.5) is 4.79 Å². The molecule has 0 saturated heterocycles. The van der Waals surface area contributed by atoms with Crippen molar-refractivity contribution >= 4 is 44.7 Å². The lowest BCUT2D eigenvalue weighted by atomic mass is 10.3. The van der Waals surface area contributed by atoms with Crippen LogP contribution >= 0.6 is 27.5 Å². The second-order valence-corrected chi connectivity index (χ2v) is 5.12. The van der Waals surface area contributed by atoms with Gasteiger partial charge in [0.2, 0.25) is 5.95 Å². The minimum absolute atomic E-state index is 0.107. The van der Waals surface area contributed by atoms with Gasteiger partial charge in [-0.1, -0.05) is 11.6 Å². The number of hydrogen-bond donors (Lipinski definition) is 2. The van der Waals surface area contributed by atoms with Gasteiger partial charge in [-0.25, -0.2) is 14.5 Å². The van der Waals surface area contributed by atoms with Crippen molar-refractivity contribution in [2.75, 3.05) is 0 Å². The van der Waals surface area contributed by atoms with Gasteiger partial charge in [-0.15, -0.1) is 0 Å². The van der Waals surface area contributed by atoms with Crippen LogP contribution in [0.1, 0.15) is 0 Å². The Morgan fingerprint density at radius 2 is 2.30 bits per heavy atom. The molecule has 2 heterocycles. The van der Waals surface area contributed by atoms with Crippen LogP contribution in [0.15, 0.2) is 29.0 Å². The molecule has 0 atom stereocenters. The Kier molecular flexibility index (Phi) is 3.11. The van der Waals surface area contributed by atoms with Crippen LogP contribution in [0, 0.1) is 0 Å². The first-order valence-corrected chi connectivity index (χ1v) is 6.50. The number of carbonyl (C=O) groups is 1. The van der Waals surface area contributed by atoms with Gasteiger partial charge in [-0.05, 0) is 28.1 Å². The number of ether oxygens (including phenoxy) is 1. The first-order chi connectivity index (χ1) is 9.52. The number of nitrogens with one attached hydrogen (secondary N) is 1. The van der Waals surface area contributed by atoms with E-state index in [0.29, 0.717) is 16.5 Å². The quantitative estimate of drug-likeness (QED) is 0.687. The molecule has 0 aliphatic heterocycles. The highest BCUT2D eigenvalue weighted by molar-refractivity contribution is 9.10. The maximum atomic E-state index is 10.4. The summed E-state index contributed by atoms with van der Waals surface area (Å²) in [7, 11) is 0. The average molecular weight is 358 g/mol. The second kappa shape index (κ2) is 4.80. The normalized spacial score (nSPS) is 10.9. The summed E-state index contributed by atoms with van der Waals surface area (Å²) in [5, 5.41) is 13.1. The standard InChI is InChI=1S/C11H6BrClN4O3/c12-7-1-5(13)2-8-9(7)16-10(15-8)17-4-6(3-14-17)20-11(18)19/h1-4H,(H,15,16)(H,18,19). The van der Waals surface area contributed by atoms with E-state index in [0.717, 1.165) is 9.99 Å². The summed E-state index contributed by atoms with van der Waals surface area (Å²) in [6, 6.07) is 3.47. The number of benzene rings is 1. The van der Waals surface area contributed by atoms with Crippen LogP contribution in [0.5, 0.6) is 5.75 Å². The molecule has 20 heavy (non-hydrogen) atoms. The molecule has 2 N–H and O–H groups in total. The number of aromatic nitrogens is 4. The zero-order chi connectivity index (χ0) is 14.3. The third-order valence-electron chi connectivity index (χ3n) is 2.47. The van der Waals surface area contributed by atoms with Crippen LogP contribution in [0.25, 0.3) is 17.0 Å². The average Bonchev–Trinajstić information content (AvgIpc) is 2.94. The Bertz CT molecular complexity index is 813. The van der Waals surface area contributed by atoms with E-state index in [2.05, 4.69) is 35.7 Å². The van der Waals surface area contributed by atoms with Crippen molar-refractivity contribution in [1.82, 2.24) is 19.7 Å². The predicted octanol–water partition coefficient (Wildman–Crippen LogP) is 3.22. The Morgan fingerprint density at radius 1 is 1.50 bits per heavy atom. The monoisotopic (exact) mass is 356 g/mol. The second-order valence-electron chi connectivity index (χ2n) is 3.83. The molecule has 3 rings (SSSR count). The highest BCUT2D eigenvalue weighted by atomic mass is 79.9. The van der Waals surface area contributed by atoms with E-state index in [1.54, 1.807) is 12.1 Å². The third-order valence-corrected chi connectivity index (χ3v) is 3.30. The van der Waals surface area contributed by atoms with Crippen molar-refractivity contribution in [3.8, 4) is 11.7 Å². The molecule has 0 saturated carbocycles. The maximum absolute atomic E-state index is 10.4. The Labute approximate surface area is 125 Å². The largest absolute Gasteiger partial charge is 0.511 e. The van der Waals surface area contributed by atoms with Gasteiger partial charge in [0.1, 0.15) is 5.52 Å². The molecule has 3 aromatic rings. The fraction of sp³-hybridized carbons (Fsp3) is 0. The van der Waals surface area contributed by atoms with Gasteiger partial charge in [0.15, 0.2) is 5.75 Å². The van der Waals surface area contributed by atoms with Crippen molar-refractivity contribution in [3.05, 3.63) is 34.0 Å². The van der Waals surface area contributed by atoms with Crippen LogP contribution < -0.4 is 4.74 Å². The van der Waals surface area contributed by atoms with Crippen LogP contribution in [0.3, 0.4) is 0 Å². The Morgan fingerprint density at radius 3 is 3.05 bits per heavy atom. The maximum Gasteiger partial charge on any atom is 0.511 e. The highest BCUT2D eigenvalue weighted by Gasteiger charge is 2.11. The van der Waals surface area contributed by atoms with Crippen molar-refractivity contribution < 1.29 is 14.6 Å². The summed E-state index contributed by atoms with van der Waals surface area (Å²) in [6.45, 7) is 0. The summed E-state index contributed by atoms with van der Waals surface area (Å²) >= 11 is 9.33. The number of fused-ring (bicyclic) bond motifs is 1. The van der Waals surface area contributed by atoms with Gasteiger partial charge < -0.3 is 14.8 Å². The van der Waals surface area contributed by atoms with E-state index in [9.17, 15) is 4.79 Å². The van der Waals surface area contributed by atoms with Crippen molar-refractivity contribution in [2.24, 2.45) is 0 Å². The molecule has 102 valence electrons. The van der Waals surface area contributed by atoms with Gasteiger partial charge >= 0.3 is 6.16 Å². The molecule has 0 aliphatic rings. The number of aromatic amines is 1. The fourth-order valence-corrected chi connectivity index (χ4v) is 2.61. The summed E-state index contributed by atoms with van der Waals surface area (Å²) in [4.78, 5) is 17.8. The topological polar surface area (TPSA) is 93.0 Å². The summed E-state index contributed by atoms with van der Waals surface area (Å²) in [5.74, 6) is 0.526. The summed E-state index contributed by atoms with van der Waals surface area (Å²) in [6.07, 6.45) is 1.29. The number of imidazole rings is 1. The van der Waals surface area contributed by atoms with Crippen molar-refractivity contribution in [2.45, 2.75) is 0 Å². The molecule has 7 nitrogen and oxygen atoms in total. The van der Waals surface area contributed by atoms with Gasteiger partial charge in [0.05, 0.1) is 17.9 Å². The number of hydrogen-bond acceptors (Lipinski definition) is 4. The van der Waals surface area contributed by atoms with E-state index in [1.165, 1.54) is 17.1 Å². The van der Waals surface area contributed by atoms with E-state index >= 15 is 0 Å². The summed E-state index contributed by atoms with van der Waals surface area (Å²) in [5.41, 5.74) is 1.43. The molecule has 0 unspecified atom stereocenters. The third kappa shape index (κ3) is 2.35. The van der Waals surface area contributed by atoms with Gasteiger partial charge in [-0.2, -0.15) is 5.10 Å². The lowest BCUT2D eigenvalue weighted by Crippen LogP contribution is -2.02. The zero-order valence-corrected chi connectivity index (χ0v) is 12.0. The van der Waals surface area contributed by atoms with Gasteiger partial charge in [-0.3, -0.25) is 0 Å². The van der Waals surface area contributed by atoms with E-state index in [-0.39, 0.29) is 5.75 Å². The molecular formula is C11H6BrClN4O3. The predicted molar refractivity (Wildman–Crippen MR) is 74.6 cm³/mol. The van der Waals surface area contributed by atoms with Gasteiger partial charge in [0.25, 0.3) is 0 Å². The molecule has 0 radical (unpaired) electrons. The molecule has 2 aromatic heterocycles. The van der Waals surface area contributed by atoms with Crippen molar-refractivity contribution in [1.29, 1.82) is 0 Å². The molecule has 0 fully saturated rings. The molecule has 9 heteroatoms. The molecule has 0 aliphatic carbocycles. The molecular weight excluding hydrogens is 352 g/mol. The molecule has 1 aromatic carbocycles. The summed E-state index contributed by atoms with van der Waals surface area (Å²) < 4.78 is 6.62. The Hall–Kier alpha value is -2.06. The minimum atomic E-state index is -1.40. The van der Waals surface area contributed by atoms with E-state index in [1.807, 2.05) is 0 Å². The van der Waals surface area contributed by atoms with E-state index < -0.39 is 6.16 Å². The lowest BCUT2D eigenvalue weighted by molar-refractivity contribution is 0.144. The number of rotatable bonds is 2. The van der Waals surface area contributed by atoms with Crippen LogP contribution in [-0.4, -0.2) is 31.0 Å². The fourth-order valence-electron chi connectivity index (χ4n) is 1.71. The number of halogens is 2. The molecule has 0 bridgehead atoms. The van der Waals surface area contributed by atoms with Crippen LogP contribution in [0.2, 0.25) is 5.02 Å². The highest BCUT2D eigenvalue weighted by Crippen LogP contribution is 2.27. The zero-order valence-electron chi connectivity index (χ0n) is 9.67. The number of H-pyrrole nitrogens is 1. The number of nitrogens with zero attached hydrogens (tertiary/aromatic N) is 3. The van der Waals surface area contributed by atoms with Crippen molar-refractivity contribution in [3.63, 3.8) is 0 Å². The smallest absolute Gasteiger partial charge is 0.449 e. The Balaban J connectivity index is 2.04. The molecule has 0 spiro atoms. The van der Waals surface area contributed by atoms with E-state index in [4.69, 9.17) is 16.7 Å². The minimum Gasteiger partial charge on any atom is -0.449 e. The first-order valence-electron chi connectivity index (χ1n) is 5.33. The molecule has 0 amide bonds. The lowest BCUT2D eigenvalue weighted by Gasteiger charge is -1.93. The van der Waals surface area contributed by atoms with Gasteiger partial charge in [0, 0.05) is 9.50 Å². The first kappa shape index (κ1) is 12.9. The SMILES string of the molecule is O=C(O)Oc1cnn(-c2nc3c(Br)cc(Cl)cc3[nH]2)c1. The van der Waals surface area contributed by atoms with Crippen LogP contribution in [-0.2, 0) is 0 Å².